The van der Waals surface area contributed by atoms with E-state index in [-0.39, 0.29) is 12.1 Å². The first-order chi connectivity index (χ1) is 7.35. The topological polar surface area (TPSA) is 55.6 Å². The number of likely N-dealkylation sites (tertiary alicyclic amines) is 1. The Labute approximate surface area is 97.1 Å². The van der Waals surface area contributed by atoms with Gasteiger partial charge in [-0.1, -0.05) is 0 Å². The summed E-state index contributed by atoms with van der Waals surface area (Å²) in [5.41, 5.74) is 5.62. The number of nitrogens with two attached hydrogens (primary N) is 1. The molecule has 16 heavy (non-hydrogen) atoms. The largest absolute Gasteiger partial charge is 0.444 e. The molecule has 1 aliphatic carbocycles. The van der Waals surface area contributed by atoms with Crippen molar-refractivity contribution < 1.29 is 9.53 Å². The fourth-order valence-electron chi connectivity index (χ4n) is 2.78. The lowest BCUT2D eigenvalue weighted by molar-refractivity contribution is 0.0152. The molecule has 92 valence electrons. The van der Waals surface area contributed by atoms with Gasteiger partial charge in [-0.15, -0.1) is 0 Å². The van der Waals surface area contributed by atoms with E-state index in [1.165, 1.54) is 6.42 Å². The summed E-state index contributed by atoms with van der Waals surface area (Å²) in [5, 5.41) is 0. The molecule has 4 heteroatoms. The van der Waals surface area contributed by atoms with Gasteiger partial charge >= 0.3 is 6.09 Å². The molecule has 1 aliphatic heterocycles. The predicted molar refractivity (Wildman–Crippen MR) is 62.0 cm³/mol. The van der Waals surface area contributed by atoms with Crippen molar-refractivity contribution in [3.63, 3.8) is 0 Å². The Balaban J connectivity index is 1.94. The van der Waals surface area contributed by atoms with Crippen molar-refractivity contribution >= 4 is 6.09 Å². The maximum Gasteiger partial charge on any atom is 0.410 e. The second-order valence-electron chi connectivity index (χ2n) is 6.15. The number of piperidine rings is 1. The first kappa shape index (κ1) is 11.7. The quantitative estimate of drug-likeness (QED) is 0.682. The standard InChI is InChI=1S/C12H22N2O2/c1-12(2,3)16-11(15)14-6-8-4-9(7-14)10(13)5-8/h8-10H,4-7,13H2,1-3H3/t8-,9-,10-/m0/s1. The summed E-state index contributed by atoms with van der Waals surface area (Å²) in [6.07, 6.45) is 2.06. The molecular weight excluding hydrogens is 204 g/mol. The molecule has 2 aliphatic rings. The van der Waals surface area contributed by atoms with E-state index in [1.54, 1.807) is 0 Å². The molecule has 1 saturated heterocycles. The van der Waals surface area contributed by atoms with Crippen LogP contribution < -0.4 is 5.73 Å². The molecule has 3 atom stereocenters. The zero-order valence-electron chi connectivity index (χ0n) is 10.4. The fourth-order valence-corrected chi connectivity index (χ4v) is 2.78. The normalized spacial score (nSPS) is 34.0. The minimum Gasteiger partial charge on any atom is -0.444 e. The molecule has 2 N–H and O–H groups in total. The van der Waals surface area contributed by atoms with E-state index in [4.69, 9.17) is 10.5 Å². The van der Waals surface area contributed by atoms with Crippen LogP contribution in [-0.4, -0.2) is 35.7 Å². The number of amides is 1. The number of fused-ring (bicyclic) bond motifs is 2. The van der Waals surface area contributed by atoms with Crippen LogP contribution in [0.15, 0.2) is 0 Å². The highest BCUT2D eigenvalue weighted by atomic mass is 16.6. The van der Waals surface area contributed by atoms with Crippen LogP contribution in [-0.2, 0) is 4.74 Å². The summed E-state index contributed by atoms with van der Waals surface area (Å²) in [5.74, 6) is 1.06. The number of nitrogens with zero attached hydrogens (tertiary/aromatic N) is 1. The van der Waals surface area contributed by atoms with Gasteiger partial charge in [0, 0.05) is 19.1 Å². The zero-order valence-corrected chi connectivity index (χ0v) is 10.4. The minimum absolute atomic E-state index is 0.184. The molecule has 0 radical (unpaired) electrons. The molecule has 0 unspecified atom stereocenters. The van der Waals surface area contributed by atoms with Gasteiger partial charge in [-0.05, 0) is 45.4 Å². The molecule has 0 aromatic carbocycles. The third-order valence-corrected chi connectivity index (χ3v) is 3.43. The van der Waals surface area contributed by atoms with Crippen LogP contribution in [0.1, 0.15) is 33.6 Å². The Kier molecular flexibility index (Phi) is 2.86. The van der Waals surface area contributed by atoms with Crippen LogP contribution in [0.4, 0.5) is 4.79 Å². The molecule has 0 aromatic rings. The van der Waals surface area contributed by atoms with Crippen molar-refractivity contribution in [1.82, 2.24) is 4.90 Å². The maximum absolute atomic E-state index is 11.9. The average molecular weight is 226 g/mol. The lowest BCUT2D eigenvalue weighted by Gasteiger charge is -2.33. The summed E-state index contributed by atoms with van der Waals surface area (Å²) in [6.45, 7) is 7.28. The number of carbonyl (C=O) groups excluding carboxylic acids is 1. The third-order valence-electron chi connectivity index (χ3n) is 3.43. The molecule has 1 saturated carbocycles. The zero-order chi connectivity index (χ0) is 11.9. The van der Waals surface area contributed by atoms with E-state index in [2.05, 4.69) is 0 Å². The molecule has 0 aromatic heterocycles. The smallest absolute Gasteiger partial charge is 0.410 e. The second-order valence-corrected chi connectivity index (χ2v) is 6.15. The van der Waals surface area contributed by atoms with Crippen LogP contribution in [0.2, 0.25) is 0 Å². The summed E-state index contributed by atoms with van der Waals surface area (Å²) in [6, 6.07) is 0.275. The Bertz CT molecular complexity index is 283. The van der Waals surface area contributed by atoms with Crippen molar-refractivity contribution in [2.75, 3.05) is 13.1 Å². The summed E-state index contributed by atoms with van der Waals surface area (Å²) in [4.78, 5) is 13.7. The van der Waals surface area contributed by atoms with E-state index in [1.807, 2.05) is 25.7 Å². The van der Waals surface area contributed by atoms with Crippen molar-refractivity contribution in [2.24, 2.45) is 17.6 Å². The number of hydrogen-bond acceptors (Lipinski definition) is 3. The average Bonchev–Trinajstić information content (AvgIpc) is 2.37. The molecule has 2 bridgehead atoms. The molecule has 2 rings (SSSR count). The van der Waals surface area contributed by atoms with Crippen LogP contribution >= 0.6 is 0 Å². The van der Waals surface area contributed by atoms with Crippen molar-refractivity contribution in [3.8, 4) is 0 Å². The van der Waals surface area contributed by atoms with Crippen molar-refractivity contribution in [1.29, 1.82) is 0 Å². The SMILES string of the molecule is CC(C)(C)OC(=O)N1C[C@H]2C[C@@H](C1)[C@@H](N)C2. The maximum atomic E-state index is 11.9. The minimum atomic E-state index is -0.407. The lowest BCUT2D eigenvalue weighted by atomic mass is 9.98. The highest BCUT2D eigenvalue weighted by molar-refractivity contribution is 5.68. The Morgan fingerprint density at radius 3 is 2.56 bits per heavy atom. The fraction of sp³-hybridized carbons (Fsp3) is 0.917. The van der Waals surface area contributed by atoms with E-state index < -0.39 is 5.60 Å². The van der Waals surface area contributed by atoms with Gasteiger partial charge in [0.05, 0.1) is 0 Å². The second kappa shape index (κ2) is 3.91. The number of hydrogen-bond donors (Lipinski definition) is 1. The number of rotatable bonds is 0. The third kappa shape index (κ3) is 2.48. The van der Waals surface area contributed by atoms with Gasteiger partial charge in [0.1, 0.15) is 5.60 Å². The van der Waals surface area contributed by atoms with Gasteiger partial charge < -0.3 is 15.4 Å². The van der Waals surface area contributed by atoms with Gasteiger partial charge in [0.2, 0.25) is 0 Å². The Morgan fingerprint density at radius 2 is 2.00 bits per heavy atom. The lowest BCUT2D eigenvalue weighted by Crippen LogP contribution is -2.45. The highest BCUT2D eigenvalue weighted by Gasteiger charge is 2.40. The van der Waals surface area contributed by atoms with E-state index in [0.29, 0.717) is 11.8 Å². The van der Waals surface area contributed by atoms with E-state index in [9.17, 15) is 4.79 Å². The van der Waals surface area contributed by atoms with E-state index >= 15 is 0 Å². The highest BCUT2D eigenvalue weighted by Crippen LogP contribution is 2.36. The molecule has 0 spiro atoms. The first-order valence-electron chi connectivity index (χ1n) is 6.08. The van der Waals surface area contributed by atoms with E-state index in [0.717, 1.165) is 19.5 Å². The van der Waals surface area contributed by atoms with Gasteiger partial charge in [-0.2, -0.15) is 0 Å². The van der Waals surface area contributed by atoms with Gasteiger partial charge in [-0.25, -0.2) is 4.79 Å². The summed E-state index contributed by atoms with van der Waals surface area (Å²) < 4.78 is 5.38. The summed E-state index contributed by atoms with van der Waals surface area (Å²) in [7, 11) is 0. The van der Waals surface area contributed by atoms with Gasteiger partial charge in [0.15, 0.2) is 0 Å². The summed E-state index contributed by atoms with van der Waals surface area (Å²) >= 11 is 0. The van der Waals surface area contributed by atoms with Crippen molar-refractivity contribution in [2.45, 2.75) is 45.3 Å². The van der Waals surface area contributed by atoms with Crippen LogP contribution in [0.5, 0.6) is 0 Å². The molecule has 1 amide bonds. The van der Waals surface area contributed by atoms with Gasteiger partial charge in [0.25, 0.3) is 0 Å². The van der Waals surface area contributed by atoms with Crippen LogP contribution in [0, 0.1) is 11.8 Å². The number of ether oxygens (including phenoxy) is 1. The van der Waals surface area contributed by atoms with Gasteiger partial charge in [-0.3, -0.25) is 0 Å². The first-order valence-corrected chi connectivity index (χ1v) is 6.08. The van der Waals surface area contributed by atoms with Crippen LogP contribution in [0.25, 0.3) is 0 Å². The molecule has 1 heterocycles. The monoisotopic (exact) mass is 226 g/mol. The predicted octanol–water partition coefficient (Wildman–Crippen LogP) is 1.59. The Hall–Kier alpha value is -0.770. The van der Waals surface area contributed by atoms with Crippen LogP contribution in [0.3, 0.4) is 0 Å². The molecule has 4 nitrogen and oxygen atoms in total. The Morgan fingerprint density at radius 1 is 1.31 bits per heavy atom. The number of carbonyl (C=O) groups is 1. The molecular formula is C12H22N2O2. The molecule has 2 fully saturated rings. The van der Waals surface area contributed by atoms with Crippen molar-refractivity contribution in [3.05, 3.63) is 0 Å².